The molecule has 0 amide bonds. The van der Waals surface area contributed by atoms with Gasteiger partial charge in [0.2, 0.25) is 0 Å². The molecule has 1 aliphatic rings. The number of halogens is 1. The van der Waals surface area contributed by atoms with Gasteiger partial charge in [-0.15, -0.1) is 0 Å². The Hall–Kier alpha value is -1.56. The van der Waals surface area contributed by atoms with Crippen LogP contribution in [0.1, 0.15) is 32.1 Å². The molecule has 134 valence electrons. The van der Waals surface area contributed by atoms with Gasteiger partial charge in [-0.3, -0.25) is 0 Å². The van der Waals surface area contributed by atoms with Crippen LogP contribution in [0, 0.1) is 0 Å². The fourth-order valence-corrected chi connectivity index (χ4v) is 3.93. The molecule has 0 radical (unpaired) electrons. The number of hydrogen-bond acceptors (Lipinski definition) is 3. The molecule has 3 rings (SSSR count). The maximum Gasteiger partial charge on any atom is 0.186 e. The first kappa shape index (κ1) is 18.2. The topological polar surface area (TPSA) is 52.6 Å². The molecule has 2 aromatic rings. The average molecular weight is 379 g/mol. The van der Waals surface area contributed by atoms with Crippen molar-refractivity contribution in [3.05, 3.63) is 47.5 Å². The van der Waals surface area contributed by atoms with Gasteiger partial charge in [-0.25, -0.2) is 4.21 Å². The van der Waals surface area contributed by atoms with Crippen molar-refractivity contribution in [2.24, 2.45) is 0 Å². The van der Waals surface area contributed by atoms with Crippen LogP contribution in [0.5, 0.6) is 0 Å². The molecule has 2 aromatic carbocycles. The van der Waals surface area contributed by atoms with Crippen LogP contribution >= 0.6 is 11.6 Å². The zero-order chi connectivity index (χ0) is 17.8. The second kappa shape index (κ2) is 8.21. The Morgan fingerprint density at radius 2 is 1.80 bits per heavy atom. The van der Waals surface area contributed by atoms with Gasteiger partial charge in [-0.05, 0) is 55.3 Å². The summed E-state index contributed by atoms with van der Waals surface area (Å²) in [6, 6.07) is 13.3. The Morgan fingerprint density at radius 3 is 2.44 bits per heavy atom. The lowest BCUT2D eigenvalue weighted by Gasteiger charge is -2.34. The van der Waals surface area contributed by atoms with Crippen LogP contribution in [-0.4, -0.2) is 21.9 Å². The van der Waals surface area contributed by atoms with Gasteiger partial charge in [-0.2, -0.15) is 0 Å². The van der Waals surface area contributed by atoms with Crippen molar-refractivity contribution in [3.8, 4) is 0 Å². The first-order valence-electron chi connectivity index (χ1n) is 8.55. The summed E-state index contributed by atoms with van der Waals surface area (Å²) < 4.78 is 20.2. The van der Waals surface area contributed by atoms with E-state index in [1.165, 1.54) is 32.1 Å². The van der Waals surface area contributed by atoms with E-state index in [0.717, 1.165) is 17.1 Å². The van der Waals surface area contributed by atoms with Crippen LogP contribution in [0.4, 0.5) is 17.1 Å². The minimum Gasteiger partial charge on any atom is -0.370 e. The summed E-state index contributed by atoms with van der Waals surface area (Å²) in [7, 11) is 2.14. The summed E-state index contributed by atoms with van der Waals surface area (Å²) in [6.45, 7) is 0. The number of rotatable bonds is 5. The third kappa shape index (κ3) is 4.54. The van der Waals surface area contributed by atoms with Crippen LogP contribution in [0.25, 0.3) is 0 Å². The second-order valence-electron chi connectivity index (χ2n) is 6.46. The zero-order valence-corrected chi connectivity index (χ0v) is 15.8. The largest absolute Gasteiger partial charge is 0.370 e. The molecular formula is C19H23ClN2O2S. The fraction of sp³-hybridized carbons (Fsp3) is 0.368. The lowest BCUT2D eigenvalue weighted by atomic mass is 9.94. The van der Waals surface area contributed by atoms with Crippen LogP contribution in [0.15, 0.2) is 47.4 Å². The molecule has 0 spiro atoms. The van der Waals surface area contributed by atoms with E-state index in [1.54, 1.807) is 24.3 Å². The molecule has 25 heavy (non-hydrogen) atoms. The molecular weight excluding hydrogens is 356 g/mol. The molecule has 0 bridgehead atoms. The molecule has 1 aliphatic carbocycles. The smallest absolute Gasteiger partial charge is 0.186 e. The fourth-order valence-electron chi connectivity index (χ4n) is 3.39. The third-order valence-electron chi connectivity index (χ3n) is 4.80. The van der Waals surface area contributed by atoms with Gasteiger partial charge in [0.1, 0.15) is 0 Å². The Morgan fingerprint density at radius 1 is 1.12 bits per heavy atom. The quantitative estimate of drug-likeness (QED) is 0.681. The lowest BCUT2D eigenvalue weighted by molar-refractivity contribution is 0.428. The van der Waals surface area contributed by atoms with Crippen molar-refractivity contribution < 1.29 is 8.76 Å². The number of nitrogens with one attached hydrogen (secondary N) is 1. The summed E-state index contributed by atoms with van der Waals surface area (Å²) in [6.07, 6.45) is 6.33. The Bertz CT molecular complexity index is 746. The van der Waals surface area contributed by atoms with E-state index >= 15 is 0 Å². The predicted molar refractivity (Wildman–Crippen MR) is 105 cm³/mol. The van der Waals surface area contributed by atoms with Gasteiger partial charge in [0.25, 0.3) is 0 Å². The van der Waals surface area contributed by atoms with Gasteiger partial charge >= 0.3 is 0 Å². The van der Waals surface area contributed by atoms with Crippen LogP contribution in [0.3, 0.4) is 0 Å². The van der Waals surface area contributed by atoms with Crippen molar-refractivity contribution in [3.63, 3.8) is 0 Å². The summed E-state index contributed by atoms with van der Waals surface area (Å²) in [4.78, 5) is 2.73. The molecule has 1 atom stereocenters. The minimum absolute atomic E-state index is 0.385. The summed E-state index contributed by atoms with van der Waals surface area (Å²) in [5.74, 6) is 0. The van der Waals surface area contributed by atoms with Crippen LogP contribution in [-0.2, 0) is 11.1 Å². The van der Waals surface area contributed by atoms with Crippen molar-refractivity contribution in [1.82, 2.24) is 0 Å². The first-order chi connectivity index (χ1) is 12.0. The Balaban J connectivity index is 1.84. The zero-order valence-electron chi connectivity index (χ0n) is 14.2. The highest BCUT2D eigenvalue weighted by atomic mass is 35.5. The monoisotopic (exact) mass is 378 g/mol. The molecule has 0 aliphatic heterocycles. The summed E-state index contributed by atoms with van der Waals surface area (Å²) >= 11 is 4.25. The molecule has 2 N–H and O–H groups in total. The lowest BCUT2D eigenvalue weighted by Crippen LogP contribution is -2.33. The molecule has 0 aromatic heterocycles. The van der Waals surface area contributed by atoms with Crippen LogP contribution in [0.2, 0.25) is 5.02 Å². The predicted octanol–water partition coefficient (Wildman–Crippen LogP) is 5.43. The van der Waals surface area contributed by atoms with E-state index in [1.807, 2.05) is 12.1 Å². The maximum atomic E-state index is 11.1. The standard InChI is InChI=1S/C19H23ClN2O2S/c1-22(16-5-3-2-4-6-16)19-12-7-14(20)13-18(19)21-15-8-10-17(11-9-15)25(23)24/h7-13,16,21H,2-6H2,1H3,(H,23,24). The van der Waals surface area contributed by atoms with Crippen molar-refractivity contribution in [2.75, 3.05) is 17.3 Å². The number of hydrogen-bond donors (Lipinski definition) is 2. The molecule has 4 nitrogen and oxygen atoms in total. The maximum absolute atomic E-state index is 11.1. The van der Waals surface area contributed by atoms with E-state index in [2.05, 4.69) is 23.3 Å². The molecule has 1 fully saturated rings. The normalized spacial score (nSPS) is 16.4. The highest BCUT2D eigenvalue weighted by Crippen LogP contribution is 2.35. The Kier molecular flexibility index (Phi) is 5.99. The average Bonchev–Trinajstić information content (AvgIpc) is 2.62. The number of anilines is 3. The summed E-state index contributed by atoms with van der Waals surface area (Å²) in [5.41, 5.74) is 2.92. The van der Waals surface area contributed by atoms with E-state index in [4.69, 9.17) is 16.2 Å². The molecule has 0 heterocycles. The molecule has 0 saturated heterocycles. The Labute approximate surface area is 156 Å². The van der Waals surface area contributed by atoms with E-state index in [-0.39, 0.29) is 0 Å². The van der Waals surface area contributed by atoms with Crippen LogP contribution < -0.4 is 10.2 Å². The van der Waals surface area contributed by atoms with E-state index < -0.39 is 11.1 Å². The highest BCUT2D eigenvalue weighted by molar-refractivity contribution is 7.79. The van der Waals surface area contributed by atoms with Crippen molar-refractivity contribution >= 4 is 39.7 Å². The minimum atomic E-state index is -1.96. The van der Waals surface area contributed by atoms with Gasteiger partial charge < -0.3 is 14.8 Å². The van der Waals surface area contributed by atoms with Gasteiger partial charge in [0, 0.05) is 23.8 Å². The SMILES string of the molecule is CN(c1ccc(Cl)cc1Nc1ccc(S(=O)O)cc1)C1CCCCC1. The van der Waals surface area contributed by atoms with E-state index in [0.29, 0.717) is 16.0 Å². The highest BCUT2D eigenvalue weighted by Gasteiger charge is 2.20. The van der Waals surface area contributed by atoms with Gasteiger partial charge in [0.15, 0.2) is 11.1 Å². The second-order valence-corrected chi connectivity index (χ2v) is 7.87. The van der Waals surface area contributed by atoms with E-state index in [9.17, 15) is 4.21 Å². The van der Waals surface area contributed by atoms with Gasteiger partial charge in [-0.1, -0.05) is 30.9 Å². The molecule has 1 saturated carbocycles. The van der Waals surface area contributed by atoms with Crippen molar-refractivity contribution in [2.45, 2.75) is 43.0 Å². The third-order valence-corrected chi connectivity index (χ3v) is 5.71. The first-order valence-corrected chi connectivity index (χ1v) is 10.0. The number of nitrogens with zero attached hydrogens (tertiary/aromatic N) is 1. The summed E-state index contributed by atoms with van der Waals surface area (Å²) in [5, 5.41) is 4.07. The molecule has 6 heteroatoms. The molecule has 1 unspecified atom stereocenters. The van der Waals surface area contributed by atoms with Crippen molar-refractivity contribution in [1.29, 1.82) is 0 Å². The number of benzene rings is 2. The van der Waals surface area contributed by atoms with Gasteiger partial charge in [0.05, 0.1) is 16.3 Å².